The summed E-state index contributed by atoms with van der Waals surface area (Å²) in [6.07, 6.45) is 1.95. The summed E-state index contributed by atoms with van der Waals surface area (Å²) in [5, 5.41) is 6.58. The van der Waals surface area contributed by atoms with Gasteiger partial charge in [0.15, 0.2) is 0 Å². The molecule has 1 amide bonds. The number of nitrogens with zero attached hydrogens (tertiary/aromatic N) is 2. The van der Waals surface area contributed by atoms with Crippen molar-refractivity contribution in [3.8, 4) is 0 Å². The van der Waals surface area contributed by atoms with E-state index in [0.717, 1.165) is 5.56 Å². The zero-order valence-corrected chi connectivity index (χ0v) is 13.7. The maximum Gasteiger partial charge on any atom is 0.232 e. The minimum atomic E-state index is -3.26. The van der Waals surface area contributed by atoms with E-state index >= 15 is 0 Å². The molecule has 122 valence electrons. The van der Waals surface area contributed by atoms with Crippen molar-refractivity contribution in [1.29, 1.82) is 0 Å². The molecular formula is C15H17N3O4S. The number of hydrogen-bond donors (Lipinski definition) is 1. The normalized spacial score (nSPS) is 13.9. The van der Waals surface area contributed by atoms with Crippen molar-refractivity contribution in [3.63, 3.8) is 0 Å². The summed E-state index contributed by atoms with van der Waals surface area (Å²) >= 11 is 0. The highest BCUT2D eigenvalue weighted by Crippen LogP contribution is 2.32. The summed E-state index contributed by atoms with van der Waals surface area (Å²) in [5.74, 6) is 0.461. The summed E-state index contributed by atoms with van der Waals surface area (Å²) in [4.78, 5) is 12.0. The lowest BCUT2D eigenvalue weighted by molar-refractivity contribution is -0.115. The molecule has 7 nitrogen and oxygen atoms in total. The molecule has 2 aromatic rings. The minimum Gasteiger partial charge on any atom is -0.361 e. The number of aryl methyl sites for hydroxylation is 1. The molecule has 0 saturated heterocycles. The number of nitrogens with one attached hydrogen (secondary N) is 1. The monoisotopic (exact) mass is 335 g/mol. The summed E-state index contributed by atoms with van der Waals surface area (Å²) in [7, 11) is -3.26. The summed E-state index contributed by atoms with van der Waals surface area (Å²) < 4.78 is 29.7. The van der Waals surface area contributed by atoms with E-state index in [-0.39, 0.29) is 12.3 Å². The van der Waals surface area contributed by atoms with Crippen LogP contribution in [0.25, 0.3) is 0 Å². The Balaban J connectivity index is 1.72. The molecule has 2 heterocycles. The van der Waals surface area contributed by atoms with Crippen molar-refractivity contribution in [2.45, 2.75) is 19.8 Å². The highest BCUT2D eigenvalue weighted by Gasteiger charge is 2.26. The average Bonchev–Trinajstić information content (AvgIpc) is 3.03. The number of carbonyl (C=O) groups excluding carboxylic acids is 1. The van der Waals surface area contributed by atoms with Crippen molar-refractivity contribution >= 4 is 27.3 Å². The number of anilines is 2. The summed E-state index contributed by atoms with van der Waals surface area (Å²) in [6.45, 7) is 2.20. The van der Waals surface area contributed by atoms with Gasteiger partial charge in [-0.3, -0.25) is 9.10 Å². The number of sulfonamides is 1. The highest BCUT2D eigenvalue weighted by atomic mass is 32.2. The fourth-order valence-corrected chi connectivity index (χ4v) is 3.62. The molecule has 0 spiro atoms. The molecule has 3 rings (SSSR count). The molecule has 1 aliphatic heterocycles. The molecule has 0 aliphatic carbocycles. The van der Waals surface area contributed by atoms with Crippen LogP contribution < -0.4 is 9.62 Å². The van der Waals surface area contributed by atoms with E-state index in [1.807, 2.05) is 6.07 Å². The van der Waals surface area contributed by atoms with Crippen molar-refractivity contribution in [2.24, 2.45) is 0 Å². The zero-order chi connectivity index (χ0) is 16.6. The molecule has 0 unspecified atom stereocenters. The fraction of sp³-hybridized carbons (Fsp3) is 0.333. The Hall–Kier alpha value is -2.35. The number of aromatic nitrogens is 1. The number of benzene rings is 1. The van der Waals surface area contributed by atoms with Crippen LogP contribution >= 0.6 is 0 Å². The molecule has 23 heavy (non-hydrogen) atoms. The molecule has 1 aromatic carbocycles. The van der Waals surface area contributed by atoms with E-state index in [1.54, 1.807) is 25.1 Å². The summed E-state index contributed by atoms with van der Waals surface area (Å²) in [5.41, 5.74) is 2.80. The topological polar surface area (TPSA) is 92.5 Å². The van der Waals surface area contributed by atoms with Gasteiger partial charge in [0.05, 0.1) is 24.1 Å². The second-order valence-electron chi connectivity index (χ2n) is 5.58. The van der Waals surface area contributed by atoms with Gasteiger partial charge < -0.3 is 9.84 Å². The quantitative estimate of drug-likeness (QED) is 0.914. The van der Waals surface area contributed by atoms with E-state index in [2.05, 4.69) is 10.5 Å². The van der Waals surface area contributed by atoms with Gasteiger partial charge in [0.1, 0.15) is 5.76 Å². The van der Waals surface area contributed by atoms with Crippen LogP contribution in [-0.2, 0) is 27.7 Å². The van der Waals surface area contributed by atoms with Gasteiger partial charge in [-0.1, -0.05) is 5.16 Å². The van der Waals surface area contributed by atoms with Gasteiger partial charge in [-0.15, -0.1) is 0 Å². The van der Waals surface area contributed by atoms with Crippen LogP contribution in [-0.4, -0.2) is 32.3 Å². The first-order valence-electron chi connectivity index (χ1n) is 7.15. The van der Waals surface area contributed by atoms with Crippen molar-refractivity contribution in [1.82, 2.24) is 5.16 Å². The fourth-order valence-electron chi connectivity index (χ4n) is 2.66. The van der Waals surface area contributed by atoms with Gasteiger partial charge in [0.2, 0.25) is 15.9 Å². The maximum atomic E-state index is 12.0. The van der Waals surface area contributed by atoms with Crippen LogP contribution in [0.15, 0.2) is 28.8 Å². The molecule has 0 saturated carbocycles. The minimum absolute atomic E-state index is 0.129. The second-order valence-corrected chi connectivity index (χ2v) is 7.49. The molecule has 0 fully saturated rings. The van der Waals surface area contributed by atoms with Gasteiger partial charge in [0.25, 0.3) is 0 Å². The van der Waals surface area contributed by atoms with E-state index in [9.17, 15) is 13.2 Å². The number of fused-ring (bicyclic) bond motifs is 1. The first-order valence-corrected chi connectivity index (χ1v) is 9.00. The van der Waals surface area contributed by atoms with Gasteiger partial charge >= 0.3 is 0 Å². The Bertz CT molecular complexity index is 857. The molecule has 0 bridgehead atoms. The largest absolute Gasteiger partial charge is 0.361 e. The zero-order valence-electron chi connectivity index (χ0n) is 12.9. The van der Waals surface area contributed by atoms with Crippen molar-refractivity contribution in [2.75, 3.05) is 22.4 Å². The first-order chi connectivity index (χ1) is 10.8. The number of carbonyl (C=O) groups is 1. The Kier molecular flexibility index (Phi) is 3.85. The lowest BCUT2D eigenvalue weighted by Crippen LogP contribution is -2.27. The van der Waals surface area contributed by atoms with Crippen LogP contribution in [0.3, 0.4) is 0 Å². The highest BCUT2D eigenvalue weighted by molar-refractivity contribution is 7.92. The lowest BCUT2D eigenvalue weighted by Gasteiger charge is -2.16. The maximum absolute atomic E-state index is 12.0. The van der Waals surface area contributed by atoms with E-state index in [1.165, 1.54) is 10.6 Å². The van der Waals surface area contributed by atoms with Gasteiger partial charge in [0, 0.05) is 18.3 Å². The van der Waals surface area contributed by atoms with Crippen LogP contribution in [0.5, 0.6) is 0 Å². The molecular weight excluding hydrogens is 318 g/mol. The Labute approximate surface area is 134 Å². The Morgan fingerprint density at radius 1 is 1.39 bits per heavy atom. The van der Waals surface area contributed by atoms with E-state index in [0.29, 0.717) is 35.8 Å². The predicted octanol–water partition coefficient (Wildman–Crippen LogP) is 1.49. The third kappa shape index (κ3) is 3.37. The molecule has 0 atom stereocenters. The standard InChI is InChI=1S/C15H17N3O4S/c1-10-7-13(17-22-10)9-15(19)16-12-3-4-14-11(8-12)5-6-18(14)23(2,20)21/h3-4,7-8H,5-6,9H2,1-2H3,(H,16,19). The van der Waals surface area contributed by atoms with Crippen LogP contribution in [0.2, 0.25) is 0 Å². The van der Waals surface area contributed by atoms with Gasteiger partial charge in [-0.2, -0.15) is 0 Å². The predicted molar refractivity (Wildman–Crippen MR) is 85.9 cm³/mol. The van der Waals surface area contributed by atoms with Crippen LogP contribution in [0.4, 0.5) is 11.4 Å². The molecule has 1 aromatic heterocycles. The van der Waals surface area contributed by atoms with E-state index < -0.39 is 10.0 Å². The molecule has 8 heteroatoms. The number of rotatable bonds is 4. The van der Waals surface area contributed by atoms with Crippen LogP contribution in [0.1, 0.15) is 17.0 Å². The molecule has 1 N–H and O–H groups in total. The molecule has 1 aliphatic rings. The third-order valence-electron chi connectivity index (χ3n) is 3.63. The number of hydrogen-bond acceptors (Lipinski definition) is 5. The number of amides is 1. The van der Waals surface area contributed by atoms with E-state index in [4.69, 9.17) is 4.52 Å². The van der Waals surface area contributed by atoms with Crippen molar-refractivity contribution in [3.05, 3.63) is 41.3 Å². The Morgan fingerprint density at radius 2 is 2.17 bits per heavy atom. The van der Waals surface area contributed by atoms with Gasteiger partial charge in [-0.05, 0) is 37.1 Å². The lowest BCUT2D eigenvalue weighted by atomic mass is 10.1. The SMILES string of the molecule is Cc1cc(CC(=O)Nc2ccc3c(c2)CCN3S(C)(=O)=O)no1. The molecule has 0 radical (unpaired) electrons. The Morgan fingerprint density at radius 3 is 2.83 bits per heavy atom. The average molecular weight is 335 g/mol. The third-order valence-corrected chi connectivity index (χ3v) is 4.81. The summed E-state index contributed by atoms with van der Waals surface area (Å²) in [6, 6.07) is 6.95. The van der Waals surface area contributed by atoms with Gasteiger partial charge in [-0.25, -0.2) is 8.42 Å². The van der Waals surface area contributed by atoms with Crippen LogP contribution in [0, 0.1) is 6.92 Å². The van der Waals surface area contributed by atoms with Crippen molar-refractivity contribution < 1.29 is 17.7 Å². The first kappa shape index (κ1) is 15.5. The smallest absolute Gasteiger partial charge is 0.232 e. The second kappa shape index (κ2) is 5.69.